The average Bonchev–Trinajstić information content (AvgIpc) is 2.57. The van der Waals surface area contributed by atoms with Crippen LogP contribution in [0.3, 0.4) is 0 Å². The zero-order valence-corrected chi connectivity index (χ0v) is 12.9. The third kappa shape index (κ3) is 2.55. The highest BCUT2D eigenvalue weighted by atomic mass is 16.2. The Morgan fingerprint density at radius 1 is 1.04 bits per heavy atom. The van der Waals surface area contributed by atoms with Crippen LogP contribution in [0.1, 0.15) is 10.4 Å². The fraction of sp³-hybridized carbons (Fsp3) is 0.118. The zero-order valence-electron chi connectivity index (χ0n) is 12.9. The summed E-state index contributed by atoms with van der Waals surface area (Å²) < 4.78 is 0. The van der Waals surface area contributed by atoms with Gasteiger partial charge in [-0.3, -0.25) is 9.59 Å². The van der Waals surface area contributed by atoms with Gasteiger partial charge in [-0.2, -0.15) is 0 Å². The molecule has 0 aliphatic carbocycles. The van der Waals surface area contributed by atoms with E-state index in [9.17, 15) is 9.59 Å². The SMILES string of the molecule is CN(C)C(=O)c1ccc(-c2nn(N)c(=O)c3ccccc23)cc1. The molecule has 0 aliphatic heterocycles. The van der Waals surface area contributed by atoms with Gasteiger partial charge in [-0.25, -0.2) is 0 Å². The number of nitrogens with two attached hydrogens (primary N) is 1. The second-order valence-corrected chi connectivity index (χ2v) is 5.42. The molecule has 1 heterocycles. The summed E-state index contributed by atoms with van der Waals surface area (Å²) in [4.78, 5) is 26.4. The minimum Gasteiger partial charge on any atom is -0.345 e. The normalized spacial score (nSPS) is 10.7. The number of hydrogen-bond donors (Lipinski definition) is 1. The minimum atomic E-state index is -0.344. The van der Waals surface area contributed by atoms with Gasteiger partial charge in [-0.05, 0) is 18.2 Å². The number of carbonyl (C=O) groups excluding carboxylic acids is 1. The van der Waals surface area contributed by atoms with Crippen molar-refractivity contribution in [3.05, 3.63) is 64.4 Å². The van der Waals surface area contributed by atoms with Crippen LogP contribution in [0.25, 0.3) is 22.0 Å². The molecule has 0 fully saturated rings. The highest BCUT2D eigenvalue weighted by molar-refractivity contribution is 5.96. The minimum absolute atomic E-state index is 0.0711. The summed E-state index contributed by atoms with van der Waals surface area (Å²) in [5.41, 5.74) is 1.63. The van der Waals surface area contributed by atoms with Crippen LogP contribution < -0.4 is 11.4 Å². The molecule has 2 aromatic carbocycles. The molecule has 0 atom stereocenters. The Labute approximate surface area is 132 Å². The molecule has 0 saturated heterocycles. The lowest BCUT2D eigenvalue weighted by molar-refractivity contribution is 0.0827. The largest absolute Gasteiger partial charge is 0.345 e. The molecule has 3 aromatic rings. The first-order chi connectivity index (χ1) is 11.0. The van der Waals surface area contributed by atoms with Crippen LogP contribution in [0.5, 0.6) is 0 Å². The maximum Gasteiger partial charge on any atom is 0.293 e. The molecule has 0 spiro atoms. The molecular formula is C17H16N4O2. The smallest absolute Gasteiger partial charge is 0.293 e. The number of nitrogen functional groups attached to an aromatic ring is 1. The van der Waals surface area contributed by atoms with E-state index in [4.69, 9.17) is 5.84 Å². The van der Waals surface area contributed by atoms with E-state index in [-0.39, 0.29) is 11.5 Å². The molecule has 0 aliphatic rings. The number of fused-ring (bicyclic) bond motifs is 1. The predicted molar refractivity (Wildman–Crippen MR) is 89.6 cm³/mol. The van der Waals surface area contributed by atoms with E-state index in [1.54, 1.807) is 50.5 Å². The van der Waals surface area contributed by atoms with Gasteiger partial charge in [0.1, 0.15) is 5.69 Å². The first kappa shape index (κ1) is 14.8. The summed E-state index contributed by atoms with van der Waals surface area (Å²) in [6.07, 6.45) is 0. The topological polar surface area (TPSA) is 81.2 Å². The lowest BCUT2D eigenvalue weighted by Crippen LogP contribution is -2.30. The Bertz CT molecular complexity index is 943. The van der Waals surface area contributed by atoms with Gasteiger partial charge in [0, 0.05) is 30.6 Å². The number of carbonyl (C=O) groups is 1. The standard InChI is InChI=1S/C17H16N4O2/c1-20(2)16(22)12-9-7-11(8-10-12)15-13-5-3-4-6-14(13)17(23)21(18)19-15/h3-10H,18H2,1-2H3. The third-order valence-corrected chi connectivity index (χ3v) is 3.64. The maximum absolute atomic E-state index is 12.1. The molecule has 23 heavy (non-hydrogen) atoms. The van der Waals surface area contributed by atoms with E-state index in [1.807, 2.05) is 12.1 Å². The summed E-state index contributed by atoms with van der Waals surface area (Å²) in [5, 5.41) is 5.40. The molecule has 6 heteroatoms. The van der Waals surface area contributed by atoms with Crippen molar-refractivity contribution in [3.63, 3.8) is 0 Å². The highest BCUT2D eigenvalue weighted by Crippen LogP contribution is 2.24. The van der Waals surface area contributed by atoms with Gasteiger partial charge in [0.05, 0.1) is 5.39 Å². The molecular weight excluding hydrogens is 292 g/mol. The van der Waals surface area contributed by atoms with E-state index in [1.165, 1.54) is 4.90 Å². The molecule has 116 valence electrons. The molecule has 6 nitrogen and oxygen atoms in total. The summed E-state index contributed by atoms with van der Waals surface area (Å²) >= 11 is 0. The van der Waals surface area contributed by atoms with Crippen LogP contribution in [0.4, 0.5) is 0 Å². The number of amides is 1. The Kier molecular flexibility index (Phi) is 3.57. The monoisotopic (exact) mass is 308 g/mol. The maximum atomic E-state index is 12.1. The summed E-state index contributed by atoms with van der Waals surface area (Å²) in [6, 6.07) is 14.3. The molecule has 1 aromatic heterocycles. The number of nitrogens with zero attached hydrogens (tertiary/aromatic N) is 3. The van der Waals surface area contributed by atoms with Crippen LogP contribution in [0, 0.1) is 0 Å². The second kappa shape index (κ2) is 5.57. The van der Waals surface area contributed by atoms with Crippen LogP contribution >= 0.6 is 0 Å². The van der Waals surface area contributed by atoms with Crippen LogP contribution in [-0.2, 0) is 0 Å². The lowest BCUT2D eigenvalue weighted by Gasteiger charge is -2.11. The van der Waals surface area contributed by atoms with Gasteiger partial charge < -0.3 is 10.7 Å². The van der Waals surface area contributed by atoms with Gasteiger partial charge in [-0.15, -0.1) is 9.89 Å². The number of rotatable bonds is 2. The highest BCUT2D eigenvalue weighted by Gasteiger charge is 2.12. The van der Waals surface area contributed by atoms with Crippen molar-refractivity contribution in [2.75, 3.05) is 19.9 Å². The van der Waals surface area contributed by atoms with E-state index in [0.29, 0.717) is 16.6 Å². The van der Waals surface area contributed by atoms with Crippen molar-refractivity contribution in [2.24, 2.45) is 0 Å². The Balaban J connectivity index is 2.16. The molecule has 1 amide bonds. The molecule has 0 bridgehead atoms. The summed E-state index contributed by atoms with van der Waals surface area (Å²) in [6.45, 7) is 0. The van der Waals surface area contributed by atoms with Crippen molar-refractivity contribution >= 4 is 16.7 Å². The van der Waals surface area contributed by atoms with E-state index in [2.05, 4.69) is 5.10 Å². The van der Waals surface area contributed by atoms with Crippen molar-refractivity contribution in [1.82, 2.24) is 14.8 Å². The molecule has 0 saturated carbocycles. The van der Waals surface area contributed by atoms with E-state index in [0.717, 1.165) is 15.7 Å². The van der Waals surface area contributed by atoms with E-state index < -0.39 is 0 Å². The Morgan fingerprint density at radius 3 is 2.26 bits per heavy atom. The van der Waals surface area contributed by atoms with Crippen LogP contribution in [0.15, 0.2) is 53.3 Å². The van der Waals surface area contributed by atoms with Gasteiger partial charge >= 0.3 is 0 Å². The fourth-order valence-corrected chi connectivity index (χ4v) is 2.45. The van der Waals surface area contributed by atoms with Gasteiger partial charge in [0.25, 0.3) is 11.5 Å². The number of hydrogen-bond acceptors (Lipinski definition) is 4. The zero-order chi connectivity index (χ0) is 16.6. The van der Waals surface area contributed by atoms with Gasteiger partial charge in [0.15, 0.2) is 0 Å². The predicted octanol–water partition coefficient (Wildman–Crippen LogP) is 1.48. The summed E-state index contributed by atoms with van der Waals surface area (Å²) in [7, 11) is 3.41. The quantitative estimate of drug-likeness (QED) is 0.727. The second-order valence-electron chi connectivity index (χ2n) is 5.42. The van der Waals surface area contributed by atoms with Crippen molar-refractivity contribution < 1.29 is 4.79 Å². The van der Waals surface area contributed by atoms with E-state index >= 15 is 0 Å². The molecule has 2 N–H and O–H groups in total. The molecule has 0 radical (unpaired) electrons. The average molecular weight is 308 g/mol. The third-order valence-electron chi connectivity index (χ3n) is 3.64. The Morgan fingerprint density at radius 2 is 1.65 bits per heavy atom. The molecule has 0 unspecified atom stereocenters. The fourth-order valence-electron chi connectivity index (χ4n) is 2.45. The first-order valence-electron chi connectivity index (χ1n) is 7.08. The van der Waals surface area contributed by atoms with Crippen molar-refractivity contribution in [2.45, 2.75) is 0 Å². The van der Waals surface area contributed by atoms with Crippen LogP contribution in [0.2, 0.25) is 0 Å². The number of benzene rings is 2. The van der Waals surface area contributed by atoms with Crippen LogP contribution in [-0.4, -0.2) is 34.8 Å². The van der Waals surface area contributed by atoms with Gasteiger partial charge in [0.2, 0.25) is 0 Å². The lowest BCUT2D eigenvalue weighted by atomic mass is 10.0. The van der Waals surface area contributed by atoms with Crippen molar-refractivity contribution in [3.8, 4) is 11.3 Å². The van der Waals surface area contributed by atoms with Crippen molar-refractivity contribution in [1.29, 1.82) is 0 Å². The van der Waals surface area contributed by atoms with Gasteiger partial charge in [-0.1, -0.05) is 30.3 Å². The molecule has 3 rings (SSSR count). The summed E-state index contributed by atoms with van der Waals surface area (Å²) in [5.74, 6) is 5.60. The number of aromatic nitrogens is 2. The first-order valence-corrected chi connectivity index (χ1v) is 7.08. The Hall–Kier alpha value is -3.15.